The standard InChI is InChI=1S/C16H16ClFN4OS/c1-2-7-22-15(10-3-4-10)20-21-16(22)24-9-14(23)19-13-8-11(17)5-6-12(13)18/h2,5-6,8,10H,1,3-4,7,9H2,(H,19,23). The summed E-state index contributed by atoms with van der Waals surface area (Å²) in [6.45, 7) is 4.35. The number of nitrogens with one attached hydrogen (secondary N) is 1. The fraction of sp³-hybridized carbons (Fsp3) is 0.312. The molecule has 5 nitrogen and oxygen atoms in total. The van der Waals surface area contributed by atoms with Gasteiger partial charge in [0, 0.05) is 17.5 Å². The zero-order valence-electron chi connectivity index (χ0n) is 12.8. The quantitative estimate of drug-likeness (QED) is 0.597. The van der Waals surface area contributed by atoms with Crippen LogP contribution in [0.2, 0.25) is 5.02 Å². The van der Waals surface area contributed by atoms with Crippen molar-refractivity contribution in [3.63, 3.8) is 0 Å². The molecule has 0 bridgehead atoms. The van der Waals surface area contributed by atoms with E-state index in [0.29, 0.717) is 22.6 Å². The summed E-state index contributed by atoms with van der Waals surface area (Å²) in [6.07, 6.45) is 4.02. The van der Waals surface area contributed by atoms with Crippen molar-refractivity contribution in [3.05, 3.63) is 47.5 Å². The topological polar surface area (TPSA) is 59.8 Å². The Labute approximate surface area is 148 Å². The Balaban J connectivity index is 1.64. The minimum Gasteiger partial charge on any atom is -0.323 e. The van der Waals surface area contributed by atoms with Gasteiger partial charge in [0.1, 0.15) is 11.6 Å². The van der Waals surface area contributed by atoms with Gasteiger partial charge in [-0.25, -0.2) is 4.39 Å². The van der Waals surface area contributed by atoms with E-state index in [1.807, 2.05) is 4.57 Å². The number of aromatic nitrogens is 3. The molecule has 0 unspecified atom stereocenters. The number of benzene rings is 1. The lowest BCUT2D eigenvalue weighted by atomic mass is 10.3. The maximum Gasteiger partial charge on any atom is 0.234 e. The average Bonchev–Trinajstić information content (AvgIpc) is 3.32. The minimum atomic E-state index is -0.524. The van der Waals surface area contributed by atoms with Crippen LogP contribution in [0.15, 0.2) is 36.0 Å². The van der Waals surface area contributed by atoms with Crippen LogP contribution in [-0.2, 0) is 11.3 Å². The van der Waals surface area contributed by atoms with Crippen molar-refractivity contribution in [1.29, 1.82) is 0 Å². The fourth-order valence-corrected chi connectivity index (χ4v) is 3.19. The van der Waals surface area contributed by atoms with Crippen molar-refractivity contribution in [2.24, 2.45) is 0 Å². The van der Waals surface area contributed by atoms with Gasteiger partial charge in [-0.15, -0.1) is 16.8 Å². The Hall–Kier alpha value is -1.86. The van der Waals surface area contributed by atoms with Crippen LogP contribution in [-0.4, -0.2) is 26.4 Å². The first kappa shape index (κ1) is 17.0. The third kappa shape index (κ3) is 3.96. The Morgan fingerprint density at radius 1 is 1.50 bits per heavy atom. The molecule has 1 aliphatic rings. The van der Waals surface area contributed by atoms with E-state index in [2.05, 4.69) is 22.1 Å². The molecular formula is C16H16ClFN4OS. The van der Waals surface area contributed by atoms with Gasteiger partial charge < -0.3 is 9.88 Å². The molecular weight excluding hydrogens is 351 g/mol. The predicted octanol–water partition coefficient (Wildman–Crippen LogP) is 3.86. The molecule has 0 radical (unpaired) electrons. The fourth-order valence-electron chi connectivity index (χ4n) is 2.26. The van der Waals surface area contributed by atoms with Gasteiger partial charge in [-0.05, 0) is 31.0 Å². The highest BCUT2D eigenvalue weighted by molar-refractivity contribution is 7.99. The number of nitrogens with zero attached hydrogens (tertiary/aromatic N) is 3. The van der Waals surface area contributed by atoms with Crippen LogP contribution in [0.5, 0.6) is 0 Å². The lowest BCUT2D eigenvalue weighted by molar-refractivity contribution is -0.113. The number of anilines is 1. The van der Waals surface area contributed by atoms with Gasteiger partial charge in [0.05, 0.1) is 11.4 Å². The highest BCUT2D eigenvalue weighted by atomic mass is 35.5. The monoisotopic (exact) mass is 366 g/mol. The van der Waals surface area contributed by atoms with Gasteiger partial charge in [-0.2, -0.15) is 0 Å². The van der Waals surface area contributed by atoms with Gasteiger partial charge in [0.15, 0.2) is 5.16 Å². The molecule has 126 valence electrons. The van der Waals surface area contributed by atoms with Gasteiger partial charge in [0.2, 0.25) is 5.91 Å². The summed E-state index contributed by atoms with van der Waals surface area (Å²) < 4.78 is 15.6. The van der Waals surface area contributed by atoms with E-state index >= 15 is 0 Å². The Bertz CT molecular complexity index is 775. The number of carbonyl (C=O) groups excluding carboxylic acids is 1. The summed E-state index contributed by atoms with van der Waals surface area (Å²) in [4.78, 5) is 12.1. The van der Waals surface area contributed by atoms with Gasteiger partial charge >= 0.3 is 0 Å². The van der Waals surface area contributed by atoms with Crippen LogP contribution >= 0.6 is 23.4 Å². The molecule has 1 fully saturated rings. The first-order valence-corrected chi connectivity index (χ1v) is 8.86. The first-order valence-electron chi connectivity index (χ1n) is 7.50. The molecule has 1 N–H and O–H groups in total. The normalized spacial score (nSPS) is 13.8. The zero-order chi connectivity index (χ0) is 17.1. The van der Waals surface area contributed by atoms with Crippen molar-refractivity contribution in [2.75, 3.05) is 11.1 Å². The highest BCUT2D eigenvalue weighted by Gasteiger charge is 2.30. The zero-order valence-corrected chi connectivity index (χ0v) is 14.4. The summed E-state index contributed by atoms with van der Waals surface area (Å²) in [5.74, 6) is 0.650. The second kappa shape index (κ2) is 7.36. The minimum absolute atomic E-state index is 0.0688. The number of thioether (sulfide) groups is 1. The maximum atomic E-state index is 13.6. The lowest BCUT2D eigenvalue weighted by Crippen LogP contribution is -2.15. The smallest absolute Gasteiger partial charge is 0.234 e. The molecule has 1 saturated carbocycles. The first-order chi connectivity index (χ1) is 11.6. The Kier molecular flexibility index (Phi) is 5.20. The van der Waals surface area contributed by atoms with E-state index < -0.39 is 5.82 Å². The summed E-state index contributed by atoms with van der Waals surface area (Å²) in [6, 6.07) is 4.02. The number of hydrogen-bond acceptors (Lipinski definition) is 4. The molecule has 0 aliphatic heterocycles. The van der Waals surface area contributed by atoms with Crippen LogP contribution in [0.25, 0.3) is 0 Å². The van der Waals surface area contributed by atoms with Crippen LogP contribution in [0, 0.1) is 5.82 Å². The molecule has 1 aliphatic carbocycles. The highest BCUT2D eigenvalue weighted by Crippen LogP contribution is 2.40. The van der Waals surface area contributed by atoms with Gasteiger partial charge in [0.25, 0.3) is 0 Å². The molecule has 2 aromatic rings. The van der Waals surface area contributed by atoms with Gasteiger partial charge in [-0.1, -0.05) is 29.4 Å². The van der Waals surface area contributed by atoms with Gasteiger partial charge in [-0.3, -0.25) is 4.79 Å². The average molecular weight is 367 g/mol. The number of carbonyl (C=O) groups is 1. The molecule has 1 aromatic heterocycles. The van der Waals surface area contributed by atoms with Crippen molar-refractivity contribution in [2.45, 2.75) is 30.5 Å². The molecule has 1 heterocycles. The van der Waals surface area contributed by atoms with Crippen molar-refractivity contribution < 1.29 is 9.18 Å². The molecule has 24 heavy (non-hydrogen) atoms. The maximum absolute atomic E-state index is 13.6. The third-order valence-electron chi connectivity index (χ3n) is 3.53. The van der Waals surface area contributed by atoms with Crippen molar-refractivity contribution in [1.82, 2.24) is 14.8 Å². The molecule has 0 spiro atoms. The molecule has 1 aromatic carbocycles. The van der Waals surface area contributed by atoms with Crippen LogP contribution in [0.3, 0.4) is 0 Å². The van der Waals surface area contributed by atoms with Crippen LogP contribution in [0.4, 0.5) is 10.1 Å². The summed E-state index contributed by atoms with van der Waals surface area (Å²) >= 11 is 7.08. The van der Waals surface area contributed by atoms with E-state index in [-0.39, 0.29) is 17.3 Å². The largest absolute Gasteiger partial charge is 0.323 e. The van der Waals surface area contributed by atoms with E-state index in [1.165, 1.54) is 30.0 Å². The Morgan fingerprint density at radius 3 is 3.00 bits per heavy atom. The Morgan fingerprint density at radius 2 is 2.29 bits per heavy atom. The number of amides is 1. The molecule has 8 heteroatoms. The van der Waals surface area contributed by atoms with Crippen molar-refractivity contribution >= 4 is 35.0 Å². The van der Waals surface area contributed by atoms with Crippen LogP contribution < -0.4 is 5.32 Å². The second-order valence-corrected chi connectivity index (χ2v) is 6.85. The number of hydrogen-bond donors (Lipinski definition) is 1. The molecule has 1 amide bonds. The molecule has 0 atom stereocenters. The predicted molar refractivity (Wildman–Crippen MR) is 93.0 cm³/mol. The number of allylic oxidation sites excluding steroid dienone is 1. The summed E-state index contributed by atoms with van der Waals surface area (Å²) in [5.41, 5.74) is 0.0688. The number of halogens is 2. The summed E-state index contributed by atoms with van der Waals surface area (Å²) in [7, 11) is 0. The number of rotatable bonds is 7. The van der Waals surface area contributed by atoms with E-state index in [1.54, 1.807) is 6.08 Å². The lowest BCUT2D eigenvalue weighted by Gasteiger charge is -2.08. The third-order valence-corrected chi connectivity index (χ3v) is 4.74. The summed E-state index contributed by atoms with van der Waals surface area (Å²) in [5, 5.41) is 11.9. The molecule has 3 rings (SSSR count). The van der Waals surface area contributed by atoms with Crippen molar-refractivity contribution in [3.8, 4) is 0 Å². The van der Waals surface area contributed by atoms with Crippen LogP contribution in [0.1, 0.15) is 24.6 Å². The molecule has 0 saturated heterocycles. The second-order valence-electron chi connectivity index (χ2n) is 5.48. The van der Waals surface area contributed by atoms with E-state index in [0.717, 1.165) is 18.7 Å². The van der Waals surface area contributed by atoms with E-state index in [4.69, 9.17) is 11.6 Å². The SMILES string of the molecule is C=CCn1c(SCC(=O)Nc2cc(Cl)ccc2F)nnc1C1CC1. The van der Waals surface area contributed by atoms with E-state index in [9.17, 15) is 9.18 Å².